The van der Waals surface area contributed by atoms with E-state index in [1.165, 1.54) is 0 Å². The lowest BCUT2D eigenvalue weighted by Gasteiger charge is -2.19. The van der Waals surface area contributed by atoms with E-state index < -0.39 is 0 Å². The molecule has 0 radical (unpaired) electrons. The van der Waals surface area contributed by atoms with Crippen LogP contribution in [0.5, 0.6) is 0 Å². The standard InChI is InChI=1S/C10H17BrN4O/c1-4-16-6-5-15(3)10-8(11)9(12-2)13-7-14-10/h7H,4-6H2,1-3H3,(H,12,13,14). The molecule has 1 aromatic rings. The van der Waals surface area contributed by atoms with Crippen LogP contribution < -0.4 is 10.2 Å². The Balaban J connectivity index is 2.71. The number of anilines is 2. The van der Waals surface area contributed by atoms with Crippen LogP contribution in [0, 0.1) is 0 Å². The molecule has 0 aliphatic rings. The number of hydrogen-bond acceptors (Lipinski definition) is 5. The fraction of sp³-hybridized carbons (Fsp3) is 0.600. The van der Waals surface area contributed by atoms with Crippen molar-refractivity contribution in [3.63, 3.8) is 0 Å². The van der Waals surface area contributed by atoms with Gasteiger partial charge >= 0.3 is 0 Å². The molecule has 0 atom stereocenters. The predicted molar refractivity (Wildman–Crippen MR) is 69.0 cm³/mol. The third-order valence-electron chi connectivity index (χ3n) is 2.14. The molecule has 1 rings (SSSR count). The fourth-order valence-corrected chi connectivity index (χ4v) is 1.96. The van der Waals surface area contributed by atoms with Gasteiger partial charge in [0.25, 0.3) is 0 Å². The van der Waals surface area contributed by atoms with E-state index in [4.69, 9.17) is 4.74 Å². The fourth-order valence-electron chi connectivity index (χ4n) is 1.25. The molecule has 6 heteroatoms. The number of ether oxygens (including phenoxy) is 1. The van der Waals surface area contributed by atoms with Crippen molar-refractivity contribution in [2.24, 2.45) is 0 Å². The van der Waals surface area contributed by atoms with Gasteiger partial charge in [-0.25, -0.2) is 9.97 Å². The predicted octanol–water partition coefficient (Wildman–Crippen LogP) is 1.75. The first-order chi connectivity index (χ1) is 7.70. The second-order valence-electron chi connectivity index (χ2n) is 3.23. The Morgan fingerprint density at radius 2 is 2.25 bits per heavy atom. The molecule has 1 heterocycles. The van der Waals surface area contributed by atoms with Gasteiger partial charge in [0.15, 0.2) is 0 Å². The molecule has 0 unspecified atom stereocenters. The van der Waals surface area contributed by atoms with Crippen LogP contribution in [0.2, 0.25) is 0 Å². The molecule has 0 fully saturated rings. The Labute approximate surface area is 104 Å². The first kappa shape index (κ1) is 13.2. The van der Waals surface area contributed by atoms with Crippen molar-refractivity contribution in [1.82, 2.24) is 9.97 Å². The molecule has 0 aromatic carbocycles. The highest BCUT2D eigenvalue weighted by Crippen LogP contribution is 2.28. The van der Waals surface area contributed by atoms with Crippen LogP contribution in [0.3, 0.4) is 0 Å². The SMILES string of the molecule is CCOCCN(C)c1ncnc(NC)c1Br. The smallest absolute Gasteiger partial charge is 0.148 e. The van der Waals surface area contributed by atoms with Crippen LogP contribution in [-0.2, 0) is 4.74 Å². The third kappa shape index (κ3) is 3.31. The van der Waals surface area contributed by atoms with Gasteiger partial charge in [-0.05, 0) is 22.9 Å². The van der Waals surface area contributed by atoms with Crippen molar-refractivity contribution in [1.29, 1.82) is 0 Å². The molecule has 5 nitrogen and oxygen atoms in total. The lowest BCUT2D eigenvalue weighted by Crippen LogP contribution is -2.24. The molecule has 1 aromatic heterocycles. The zero-order chi connectivity index (χ0) is 12.0. The van der Waals surface area contributed by atoms with E-state index in [2.05, 4.69) is 31.2 Å². The molecule has 0 saturated carbocycles. The Hall–Kier alpha value is -0.880. The molecule has 1 N–H and O–H groups in total. The second-order valence-corrected chi connectivity index (χ2v) is 4.02. The summed E-state index contributed by atoms with van der Waals surface area (Å²) in [6, 6.07) is 0. The molecule has 90 valence electrons. The average molecular weight is 289 g/mol. The average Bonchev–Trinajstić information content (AvgIpc) is 2.29. The summed E-state index contributed by atoms with van der Waals surface area (Å²) in [7, 11) is 3.81. The van der Waals surface area contributed by atoms with Gasteiger partial charge in [0, 0.05) is 27.2 Å². The lowest BCUT2D eigenvalue weighted by molar-refractivity contribution is 0.154. The highest BCUT2D eigenvalue weighted by molar-refractivity contribution is 9.10. The maximum Gasteiger partial charge on any atom is 0.148 e. The molecule has 0 bridgehead atoms. The number of hydrogen-bond donors (Lipinski definition) is 1. The van der Waals surface area contributed by atoms with Crippen LogP contribution in [0.15, 0.2) is 10.8 Å². The van der Waals surface area contributed by atoms with E-state index in [9.17, 15) is 0 Å². The summed E-state index contributed by atoms with van der Waals surface area (Å²) in [4.78, 5) is 10.4. The Morgan fingerprint density at radius 3 is 2.88 bits per heavy atom. The number of halogens is 1. The van der Waals surface area contributed by atoms with Gasteiger partial charge in [0.2, 0.25) is 0 Å². The minimum atomic E-state index is 0.693. The Bertz CT molecular complexity index is 335. The van der Waals surface area contributed by atoms with Crippen molar-refractivity contribution in [2.75, 3.05) is 44.1 Å². The van der Waals surface area contributed by atoms with Gasteiger partial charge in [0.1, 0.15) is 22.4 Å². The minimum absolute atomic E-state index is 0.693. The normalized spacial score (nSPS) is 10.2. The Morgan fingerprint density at radius 1 is 1.50 bits per heavy atom. The van der Waals surface area contributed by atoms with Gasteiger partial charge in [-0.1, -0.05) is 0 Å². The van der Waals surface area contributed by atoms with E-state index in [1.807, 2.05) is 25.9 Å². The van der Waals surface area contributed by atoms with E-state index in [-0.39, 0.29) is 0 Å². The maximum atomic E-state index is 5.31. The maximum absolute atomic E-state index is 5.31. The van der Waals surface area contributed by atoms with Crippen LogP contribution in [0.1, 0.15) is 6.92 Å². The molecular formula is C10H17BrN4O. The first-order valence-corrected chi connectivity index (χ1v) is 5.97. The van der Waals surface area contributed by atoms with Crippen molar-refractivity contribution >= 4 is 27.6 Å². The Kier molecular flexibility index (Phi) is 5.48. The minimum Gasteiger partial charge on any atom is -0.380 e. The third-order valence-corrected chi connectivity index (χ3v) is 2.87. The summed E-state index contributed by atoms with van der Waals surface area (Å²) < 4.78 is 6.18. The number of likely N-dealkylation sites (N-methyl/N-ethyl adjacent to an activating group) is 1. The van der Waals surface area contributed by atoms with Crippen molar-refractivity contribution in [2.45, 2.75) is 6.92 Å². The van der Waals surface area contributed by atoms with Crippen molar-refractivity contribution < 1.29 is 4.74 Å². The zero-order valence-corrected chi connectivity index (χ0v) is 11.4. The molecule has 0 amide bonds. The van der Waals surface area contributed by atoms with Gasteiger partial charge in [-0.15, -0.1) is 0 Å². The zero-order valence-electron chi connectivity index (χ0n) is 9.83. The monoisotopic (exact) mass is 288 g/mol. The summed E-state index contributed by atoms with van der Waals surface area (Å²) in [5.74, 6) is 1.65. The largest absolute Gasteiger partial charge is 0.380 e. The van der Waals surface area contributed by atoms with Gasteiger partial charge in [-0.3, -0.25) is 0 Å². The summed E-state index contributed by atoms with van der Waals surface area (Å²) in [6.07, 6.45) is 1.54. The molecule has 16 heavy (non-hydrogen) atoms. The number of rotatable bonds is 6. The number of aromatic nitrogens is 2. The molecule has 0 aliphatic carbocycles. The van der Waals surface area contributed by atoms with E-state index in [1.54, 1.807) is 6.33 Å². The van der Waals surface area contributed by atoms with Crippen LogP contribution in [0.4, 0.5) is 11.6 Å². The highest BCUT2D eigenvalue weighted by Gasteiger charge is 2.11. The van der Waals surface area contributed by atoms with Crippen LogP contribution >= 0.6 is 15.9 Å². The van der Waals surface area contributed by atoms with E-state index in [0.29, 0.717) is 6.61 Å². The van der Waals surface area contributed by atoms with Crippen molar-refractivity contribution in [3.8, 4) is 0 Å². The first-order valence-electron chi connectivity index (χ1n) is 5.17. The second kappa shape index (κ2) is 6.65. The summed E-state index contributed by atoms with van der Waals surface area (Å²) in [5.41, 5.74) is 0. The summed E-state index contributed by atoms with van der Waals surface area (Å²) in [6.45, 7) is 4.21. The van der Waals surface area contributed by atoms with Crippen LogP contribution in [-0.4, -0.2) is 43.8 Å². The molecule has 0 saturated heterocycles. The number of nitrogens with zero attached hydrogens (tertiary/aromatic N) is 3. The van der Waals surface area contributed by atoms with Crippen molar-refractivity contribution in [3.05, 3.63) is 10.8 Å². The quantitative estimate of drug-likeness (QED) is 0.809. The lowest BCUT2D eigenvalue weighted by atomic mass is 10.4. The van der Waals surface area contributed by atoms with Crippen LogP contribution in [0.25, 0.3) is 0 Å². The molecule has 0 spiro atoms. The van der Waals surface area contributed by atoms with Gasteiger partial charge in [-0.2, -0.15) is 0 Å². The highest BCUT2D eigenvalue weighted by atomic mass is 79.9. The molecule has 0 aliphatic heterocycles. The topological polar surface area (TPSA) is 50.3 Å². The summed E-state index contributed by atoms with van der Waals surface area (Å²) >= 11 is 3.48. The summed E-state index contributed by atoms with van der Waals surface area (Å²) in [5, 5.41) is 3.00. The van der Waals surface area contributed by atoms with Gasteiger partial charge in [0.05, 0.1) is 6.61 Å². The van der Waals surface area contributed by atoms with E-state index >= 15 is 0 Å². The number of nitrogens with one attached hydrogen (secondary N) is 1. The van der Waals surface area contributed by atoms with Gasteiger partial charge < -0.3 is 15.0 Å². The molecular weight excluding hydrogens is 272 g/mol. The van der Waals surface area contributed by atoms with E-state index in [0.717, 1.165) is 29.3 Å².